The average molecular weight is 449 g/mol. The number of likely N-dealkylation sites (tertiary alicyclic amines) is 1. The molecule has 1 aromatic carbocycles. The van der Waals surface area contributed by atoms with Crippen molar-refractivity contribution in [1.82, 2.24) is 28.8 Å². The predicted molar refractivity (Wildman–Crippen MR) is 122 cm³/mol. The molecule has 1 fully saturated rings. The molecule has 1 amide bonds. The third-order valence-electron chi connectivity index (χ3n) is 6.33. The third kappa shape index (κ3) is 3.83. The zero-order chi connectivity index (χ0) is 23.1. The number of aryl methyl sites for hydroxylation is 2. The van der Waals surface area contributed by atoms with Gasteiger partial charge in [-0.15, -0.1) is 0 Å². The van der Waals surface area contributed by atoms with Crippen molar-refractivity contribution in [2.45, 2.75) is 32.4 Å². The maximum atomic E-state index is 13.7. The molecule has 1 saturated heterocycles. The van der Waals surface area contributed by atoms with Crippen molar-refractivity contribution in [3.05, 3.63) is 81.9 Å². The number of nitrogens with zero attached hydrogens (tertiary/aromatic N) is 6. The molecule has 4 aromatic rings. The Bertz CT molecular complexity index is 1380. The van der Waals surface area contributed by atoms with Crippen LogP contribution in [0.25, 0.3) is 11.2 Å². The summed E-state index contributed by atoms with van der Waals surface area (Å²) in [4.78, 5) is 32.9. The molecule has 9 heteroatoms. The van der Waals surface area contributed by atoms with E-state index in [2.05, 4.69) is 10.1 Å². The Morgan fingerprint density at radius 3 is 2.82 bits per heavy atom. The van der Waals surface area contributed by atoms with Gasteiger partial charge in [0.2, 0.25) is 0 Å². The number of benzene rings is 1. The van der Waals surface area contributed by atoms with Gasteiger partial charge >= 0.3 is 5.69 Å². The van der Waals surface area contributed by atoms with Crippen molar-refractivity contribution >= 4 is 17.1 Å². The molecule has 1 aliphatic rings. The summed E-state index contributed by atoms with van der Waals surface area (Å²) in [6.07, 6.45) is 3.20. The van der Waals surface area contributed by atoms with Gasteiger partial charge < -0.3 is 4.90 Å². The molecule has 8 nitrogen and oxygen atoms in total. The van der Waals surface area contributed by atoms with Crippen LogP contribution in [0.2, 0.25) is 0 Å². The molecule has 33 heavy (non-hydrogen) atoms. The van der Waals surface area contributed by atoms with E-state index < -0.39 is 0 Å². The smallest absolute Gasteiger partial charge is 0.330 e. The van der Waals surface area contributed by atoms with Gasteiger partial charge in [0.15, 0.2) is 11.3 Å². The van der Waals surface area contributed by atoms with Crippen LogP contribution in [0.4, 0.5) is 4.39 Å². The summed E-state index contributed by atoms with van der Waals surface area (Å²) in [6, 6.07) is 11.5. The van der Waals surface area contributed by atoms with Crippen molar-refractivity contribution in [3.8, 4) is 0 Å². The second kappa shape index (κ2) is 8.31. The molecule has 0 aliphatic carbocycles. The summed E-state index contributed by atoms with van der Waals surface area (Å²) in [5, 5.41) is 4.32. The maximum absolute atomic E-state index is 13.7. The third-order valence-corrected chi connectivity index (χ3v) is 6.33. The Labute approximate surface area is 189 Å². The van der Waals surface area contributed by atoms with Crippen LogP contribution in [0, 0.1) is 12.7 Å². The first-order chi connectivity index (χ1) is 15.9. The second-order valence-corrected chi connectivity index (χ2v) is 8.56. The highest BCUT2D eigenvalue weighted by molar-refractivity contribution is 5.92. The molecule has 0 N–H and O–H groups in total. The lowest BCUT2D eigenvalue weighted by atomic mass is 10.0. The molecule has 0 bridgehead atoms. The highest BCUT2D eigenvalue weighted by Crippen LogP contribution is 2.25. The topological polar surface area (TPSA) is 78.0 Å². The largest absolute Gasteiger partial charge is 0.335 e. The monoisotopic (exact) mass is 448 g/mol. The first kappa shape index (κ1) is 21.1. The summed E-state index contributed by atoms with van der Waals surface area (Å²) >= 11 is 0. The molecule has 1 atom stereocenters. The van der Waals surface area contributed by atoms with Gasteiger partial charge in [-0.05, 0) is 55.7 Å². The van der Waals surface area contributed by atoms with Crippen LogP contribution < -0.4 is 5.69 Å². The van der Waals surface area contributed by atoms with Crippen LogP contribution in [0.15, 0.2) is 53.5 Å². The lowest BCUT2D eigenvalue weighted by Crippen LogP contribution is -2.43. The first-order valence-electron chi connectivity index (χ1n) is 11.0. The number of halogens is 1. The van der Waals surface area contributed by atoms with Crippen molar-refractivity contribution in [2.24, 2.45) is 7.05 Å². The molecule has 1 aliphatic heterocycles. The van der Waals surface area contributed by atoms with Crippen LogP contribution in [0.3, 0.4) is 0 Å². The predicted octanol–water partition coefficient (Wildman–Crippen LogP) is 2.90. The number of rotatable bonds is 4. The Hall–Kier alpha value is -3.75. The molecular weight excluding hydrogens is 423 g/mol. The maximum Gasteiger partial charge on any atom is 0.330 e. The summed E-state index contributed by atoms with van der Waals surface area (Å²) in [6.45, 7) is 3.18. The van der Waals surface area contributed by atoms with E-state index in [-0.39, 0.29) is 30.0 Å². The molecule has 0 spiro atoms. The zero-order valence-corrected chi connectivity index (χ0v) is 18.6. The van der Waals surface area contributed by atoms with Gasteiger partial charge in [-0.1, -0.05) is 12.1 Å². The Kier molecular flexibility index (Phi) is 5.32. The normalized spacial score (nSPS) is 16.5. The van der Waals surface area contributed by atoms with Crippen LogP contribution >= 0.6 is 0 Å². The summed E-state index contributed by atoms with van der Waals surface area (Å²) in [5.41, 5.74) is 3.08. The van der Waals surface area contributed by atoms with E-state index in [1.54, 1.807) is 49.2 Å². The van der Waals surface area contributed by atoms with Crippen molar-refractivity contribution < 1.29 is 9.18 Å². The first-order valence-corrected chi connectivity index (χ1v) is 11.0. The van der Waals surface area contributed by atoms with Crippen LogP contribution in [-0.4, -0.2) is 47.8 Å². The summed E-state index contributed by atoms with van der Waals surface area (Å²) in [5.74, 6) is -0.471. The van der Waals surface area contributed by atoms with Crippen molar-refractivity contribution in [1.29, 1.82) is 0 Å². The average Bonchev–Trinajstić information content (AvgIpc) is 3.29. The molecular formula is C24H25FN6O2. The number of carbonyl (C=O) groups is 1. The highest BCUT2D eigenvalue weighted by Gasteiger charge is 2.30. The lowest BCUT2D eigenvalue weighted by molar-refractivity contribution is 0.0672. The fraction of sp³-hybridized carbons (Fsp3) is 0.333. The van der Waals surface area contributed by atoms with Gasteiger partial charge in [0.05, 0.1) is 18.1 Å². The molecule has 0 radical (unpaired) electrons. The van der Waals surface area contributed by atoms with Gasteiger partial charge in [0.25, 0.3) is 5.91 Å². The van der Waals surface area contributed by atoms with Gasteiger partial charge in [-0.25, -0.2) is 14.2 Å². The molecule has 170 valence electrons. The van der Waals surface area contributed by atoms with Gasteiger partial charge in [-0.2, -0.15) is 5.10 Å². The van der Waals surface area contributed by atoms with Crippen LogP contribution in [0.1, 0.15) is 40.6 Å². The number of hydrogen-bond acceptors (Lipinski definition) is 4. The Morgan fingerprint density at radius 2 is 2.06 bits per heavy atom. The van der Waals surface area contributed by atoms with E-state index in [0.717, 1.165) is 18.5 Å². The highest BCUT2D eigenvalue weighted by atomic mass is 19.1. The molecule has 4 heterocycles. The fourth-order valence-electron chi connectivity index (χ4n) is 4.59. The standard InChI is InChI=1S/C24H25FN6O2/c1-16-12-20(27-28(16)2)23(32)29-11-5-8-19(15-29)31-22-21(9-4-10-26-22)30(24(31)33)14-17-6-3-7-18(25)13-17/h3-4,6-7,9-10,12-13,19H,5,8,11,14-15H2,1-2H3. The minimum absolute atomic E-state index is 0.132. The van der Waals surface area contributed by atoms with Crippen molar-refractivity contribution in [2.75, 3.05) is 13.1 Å². The number of carbonyl (C=O) groups excluding carboxylic acids is 1. The number of amides is 1. The number of piperidine rings is 1. The van der Waals surface area contributed by atoms with E-state index in [4.69, 9.17) is 0 Å². The number of fused-ring (bicyclic) bond motifs is 1. The summed E-state index contributed by atoms with van der Waals surface area (Å²) in [7, 11) is 1.81. The number of hydrogen-bond donors (Lipinski definition) is 0. The Morgan fingerprint density at radius 1 is 1.21 bits per heavy atom. The molecule has 0 saturated carbocycles. The van der Waals surface area contributed by atoms with Crippen molar-refractivity contribution in [3.63, 3.8) is 0 Å². The number of pyridine rings is 1. The Balaban J connectivity index is 1.50. The number of aromatic nitrogens is 5. The molecule has 5 rings (SSSR count). The van der Waals surface area contributed by atoms with E-state index in [9.17, 15) is 14.0 Å². The number of imidazole rings is 1. The van der Waals surface area contributed by atoms with Gasteiger partial charge in [-0.3, -0.25) is 18.6 Å². The quantitative estimate of drug-likeness (QED) is 0.481. The van der Waals surface area contributed by atoms with E-state index in [1.807, 2.05) is 20.0 Å². The van der Waals surface area contributed by atoms with Crippen LogP contribution in [0.5, 0.6) is 0 Å². The fourth-order valence-corrected chi connectivity index (χ4v) is 4.59. The lowest BCUT2D eigenvalue weighted by Gasteiger charge is -2.32. The van der Waals surface area contributed by atoms with Gasteiger partial charge in [0, 0.05) is 32.0 Å². The van der Waals surface area contributed by atoms with E-state index in [1.165, 1.54) is 12.1 Å². The zero-order valence-electron chi connectivity index (χ0n) is 18.6. The SMILES string of the molecule is Cc1cc(C(=O)N2CCCC(n3c(=O)n(Cc4cccc(F)c4)c4cccnc43)C2)nn1C. The minimum Gasteiger partial charge on any atom is -0.335 e. The molecule has 1 unspecified atom stereocenters. The van der Waals surface area contributed by atoms with Crippen LogP contribution in [-0.2, 0) is 13.6 Å². The van der Waals surface area contributed by atoms with E-state index >= 15 is 0 Å². The van der Waals surface area contributed by atoms with Gasteiger partial charge in [0.1, 0.15) is 5.82 Å². The minimum atomic E-state index is -0.339. The second-order valence-electron chi connectivity index (χ2n) is 8.56. The summed E-state index contributed by atoms with van der Waals surface area (Å²) < 4.78 is 18.7. The van der Waals surface area contributed by atoms with E-state index in [0.29, 0.717) is 35.5 Å². The molecule has 3 aromatic heterocycles.